The van der Waals surface area contributed by atoms with Crippen molar-refractivity contribution in [1.29, 1.82) is 0 Å². The lowest BCUT2D eigenvalue weighted by Gasteiger charge is -2.41. The summed E-state index contributed by atoms with van der Waals surface area (Å²) in [5.41, 5.74) is 12.9. The Labute approximate surface area is 240 Å². The summed E-state index contributed by atoms with van der Waals surface area (Å²) in [5, 5.41) is 10.6. The van der Waals surface area contributed by atoms with Gasteiger partial charge in [-0.1, -0.05) is 86.0 Å². The van der Waals surface area contributed by atoms with Crippen LogP contribution in [0.5, 0.6) is 0 Å². The number of anilines is 1. The molecule has 2 aliphatic rings. The predicted octanol–water partition coefficient (Wildman–Crippen LogP) is 4.18. The molecule has 4 aromatic rings. The van der Waals surface area contributed by atoms with Crippen molar-refractivity contribution in [3.8, 4) is 0 Å². The second kappa shape index (κ2) is 11.5. The molecule has 212 valence electrons. The topological polar surface area (TPSA) is 126 Å². The van der Waals surface area contributed by atoms with Crippen LogP contribution >= 0.6 is 0 Å². The average Bonchev–Trinajstić information content (AvgIpc) is 3.34. The predicted molar refractivity (Wildman–Crippen MR) is 163 cm³/mol. The van der Waals surface area contributed by atoms with E-state index in [1.54, 1.807) is 0 Å². The standard InChI is InChI=1S/C33H38N6O2/c34-31-27-15-7-5-10-23(27)19-25(37-31)21-39-18-17-29(28-16-8-11-22-9-4-6-14-26(22)28)33(39,32(35)41)38-30(40)20-36-24-12-2-1-3-13-24/h4-11,14-16,19,24,29,36H,1-3,12-13,17-18,20-21H2,(H2,34,37)(H2,35,41)(H,38,40)/t29?,33-/m0/s1. The molecule has 2 heterocycles. The third kappa shape index (κ3) is 5.25. The Morgan fingerprint density at radius 3 is 2.39 bits per heavy atom. The summed E-state index contributed by atoms with van der Waals surface area (Å²) in [6.07, 6.45) is 6.36. The van der Waals surface area contributed by atoms with Crippen molar-refractivity contribution in [2.45, 2.75) is 62.7 Å². The number of nitrogens with two attached hydrogens (primary N) is 2. The van der Waals surface area contributed by atoms with Crippen LogP contribution in [0.4, 0.5) is 5.82 Å². The molecule has 1 aliphatic heterocycles. The number of nitrogens with one attached hydrogen (secondary N) is 2. The number of likely N-dealkylation sites (tertiary alicyclic amines) is 1. The van der Waals surface area contributed by atoms with E-state index in [4.69, 9.17) is 11.5 Å². The molecule has 1 saturated heterocycles. The van der Waals surface area contributed by atoms with Gasteiger partial charge in [-0.25, -0.2) is 4.98 Å². The summed E-state index contributed by atoms with van der Waals surface area (Å²) in [6.45, 7) is 1.01. The molecule has 1 aromatic heterocycles. The zero-order valence-corrected chi connectivity index (χ0v) is 23.3. The van der Waals surface area contributed by atoms with E-state index in [1.807, 2.05) is 59.5 Å². The molecule has 1 aliphatic carbocycles. The maximum absolute atomic E-state index is 13.7. The Hall–Kier alpha value is -4.01. The molecule has 41 heavy (non-hydrogen) atoms. The van der Waals surface area contributed by atoms with E-state index < -0.39 is 11.6 Å². The SMILES string of the molecule is NC(=O)[C@]1(NC(=O)CNC2CCCCC2)C(c2cccc3ccccc23)CCN1Cc1cc2ccccc2c(N)n1. The summed E-state index contributed by atoms with van der Waals surface area (Å²) < 4.78 is 0. The fourth-order valence-electron chi connectivity index (χ4n) is 6.94. The fourth-order valence-corrected chi connectivity index (χ4v) is 6.94. The van der Waals surface area contributed by atoms with E-state index in [0.717, 1.165) is 45.6 Å². The molecule has 2 amide bonds. The van der Waals surface area contributed by atoms with E-state index in [0.29, 0.717) is 31.4 Å². The van der Waals surface area contributed by atoms with Crippen molar-refractivity contribution in [2.24, 2.45) is 5.73 Å². The van der Waals surface area contributed by atoms with E-state index in [1.165, 1.54) is 19.3 Å². The third-order valence-electron chi connectivity index (χ3n) is 8.93. The number of nitrogens with zero attached hydrogens (tertiary/aromatic N) is 2. The summed E-state index contributed by atoms with van der Waals surface area (Å²) in [6, 6.07) is 24.4. The van der Waals surface area contributed by atoms with Crippen molar-refractivity contribution in [2.75, 3.05) is 18.8 Å². The van der Waals surface area contributed by atoms with Gasteiger partial charge in [-0.05, 0) is 47.1 Å². The van der Waals surface area contributed by atoms with E-state index >= 15 is 0 Å². The van der Waals surface area contributed by atoms with Gasteiger partial charge in [0.05, 0.1) is 12.2 Å². The van der Waals surface area contributed by atoms with Gasteiger partial charge in [-0.3, -0.25) is 14.5 Å². The van der Waals surface area contributed by atoms with Gasteiger partial charge in [0.2, 0.25) is 5.91 Å². The van der Waals surface area contributed by atoms with Gasteiger partial charge < -0.3 is 22.1 Å². The smallest absolute Gasteiger partial charge is 0.259 e. The number of aromatic nitrogens is 1. The molecular weight excluding hydrogens is 512 g/mol. The summed E-state index contributed by atoms with van der Waals surface area (Å²) in [7, 11) is 0. The average molecular weight is 551 g/mol. The Kier molecular flexibility index (Phi) is 7.60. The van der Waals surface area contributed by atoms with Crippen LogP contribution in [0.3, 0.4) is 0 Å². The minimum absolute atomic E-state index is 0.136. The van der Waals surface area contributed by atoms with Crippen molar-refractivity contribution in [1.82, 2.24) is 20.5 Å². The van der Waals surface area contributed by atoms with Crippen LogP contribution in [-0.4, -0.2) is 46.5 Å². The molecule has 2 atom stereocenters. The summed E-state index contributed by atoms with van der Waals surface area (Å²) in [4.78, 5) is 33.9. The monoisotopic (exact) mass is 550 g/mol. The van der Waals surface area contributed by atoms with Crippen molar-refractivity contribution < 1.29 is 9.59 Å². The molecule has 1 unspecified atom stereocenters. The van der Waals surface area contributed by atoms with Crippen LogP contribution < -0.4 is 22.1 Å². The van der Waals surface area contributed by atoms with Crippen LogP contribution in [0.25, 0.3) is 21.5 Å². The van der Waals surface area contributed by atoms with Gasteiger partial charge in [0.15, 0.2) is 5.66 Å². The zero-order valence-electron chi connectivity index (χ0n) is 23.3. The van der Waals surface area contributed by atoms with Crippen LogP contribution in [0, 0.1) is 0 Å². The molecule has 3 aromatic carbocycles. The number of hydrogen-bond acceptors (Lipinski definition) is 6. The van der Waals surface area contributed by atoms with Gasteiger partial charge in [-0.2, -0.15) is 0 Å². The molecule has 8 heteroatoms. The number of amides is 2. The minimum atomic E-state index is -1.43. The lowest BCUT2D eigenvalue weighted by Crippen LogP contribution is -2.68. The number of hydrogen-bond donors (Lipinski definition) is 4. The number of carbonyl (C=O) groups excluding carboxylic acids is 2. The number of fused-ring (bicyclic) bond motifs is 2. The molecule has 0 bridgehead atoms. The normalized spacial score (nSPS) is 21.8. The lowest BCUT2D eigenvalue weighted by atomic mass is 9.83. The molecular formula is C33H38N6O2. The molecule has 8 nitrogen and oxygen atoms in total. The van der Waals surface area contributed by atoms with Gasteiger partial charge in [0.25, 0.3) is 5.91 Å². The zero-order chi connectivity index (χ0) is 28.4. The van der Waals surface area contributed by atoms with Gasteiger partial charge in [0.1, 0.15) is 5.82 Å². The van der Waals surface area contributed by atoms with E-state index in [-0.39, 0.29) is 18.4 Å². The molecule has 2 fully saturated rings. The van der Waals surface area contributed by atoms with Crippen molar-refractivity contribution >= 4 is 39.2 Å². The first-order valence-corrected chi connectivity index (χ1v) is 14.7. The third-order valence-corrected chi connectivity index (χ3v) is 8.93. The van der Waals surface area contributed by atoms with Gasteiger partial charge in [0, 0.05) is 30.4 Å². The van der Waals surface area contributed by atoms with Crippen LogP contribution in [0.15, 0.2) is 72.8 Å². The number of rotatable bonds is 8. The Bertz CT molecular complexity index is 1580. The maximum Gasteiger partial charge on any atom is 0.259 e. The molecule has 0 radical (unpaired) electrons. The van der Waals surface area contributed by atoms with Crippen molar-refractivity contribution in [3.63, 3.8) is 0 Å². The van der Waals surface area contributed by atoms with E-state index in [2.05, 4.69) is 33.8 Å². The number of primary amides is 1. The Morgan fingerprint density at radius 2 is 1.61 bits per heavy atom. The summed E-state index contributed by atoms with van der Waals surface area (Å²) in [5.74, 6) is -0.721. The highest BCUT2D eigenvalue weighted by atomic mass is 16.2. The van der Waals surface area contributed by atoms with Gasteiger partial charge >= 0.3 is 0 Å². The minimum Gasteiger partial charge on any atom is -0.383 e. The quantitative estimate of drug-likeness (QED) is 0.261. The summed E-state index contributed by atoms with van der Waals surface area (Å²) >= 11 is 0. The highest BCUT2D eigenvalue weighted by molar-refractivity contribution is 5.94. The van der Waals surface area contributed by atoms with Gasteiger partial charge in [-0.15, -0.1) is 0 Å². The molecule has 6 N–H and O–H groups in total. The molecule has 6 rings (SSSR count). The highest BCUT2D eigenvalue weighted by Gasteiger charge is 2.55. The molecule has 1 saturated carbocycles. The largest absolute Gasteiger partial charge is 0.383 e. The fraction of sp³-hybridized carbons (Fsp3) is 0.364. The maximum atomic E-state index is 13.7. The first-order valence-electron chi connectivity index (χ1n) is 14.7. The highest BCUT2D eigenvalue weighted by Crippen LogP contribution is 2.44. The second-order valence-corrected chi connectivity index (χ2v) is 11.4. The first kappa shape index (κ1) is 27.2. The van der Waals surface area contributed by atoms with Crippen LogP contribution in [0.1, 0.15) is 55.7 Å². The number of pyridine rings is 1. The molecule has 0 spiro atoms. The number of benzene rings is 3. The number of nitrogen functional groups attached to an aromatic ring is 1. The first-order chi connectivity index (χ1) is 20.0. The Balaban J connectivity index is 1.37. The second-order valence-electron chi connectivity index (χ2n) is 11.4. The van der Waals surface area contributed by atoms with Crippen LogP contribution in [-0.2, 0) is 16.1 Å². The Morgan fingerprint density at radius 1 is 0.902 bits per heavy atom. The number of carbonyl (C=O) groups is 2. The van der Waals surface area contributed by atoms with Crippen molar-refractivity contribution in [3.05, 3.63) is 84.1 Å². The van der Waals surface area contributed by atoms with E-state index in [9.17, 15) is 9.59 Å². The lowest BCUT2D eigenvalue weighted by molar-refractivity contribution is -0.139. The van der Waals surface area contributed by atoms with Crippen LogP contribution in [0.2, 0.25) is 0 Å².